The molecule has 180 valence electrons. The molecule has 0 aliphatic carbocycles. The maximum atomic E-state index is 13.5. The van der Waals surface area contributed by atoms with Crippen LogP contribution in [0.3, 0.4) is 0 Å². The average Bonchev–Trinajstić information content (AvgIpc) is 3.23. The number of halogens is 1. The van der Waals surface area contributed by atoms with E-state index >= 15 is 0 Å². The Balaban J connectivity index is 1.75. The van der Waals surface area contributed by atoms with Gasteiger partial charge in [0.05, 0.1) is 12.2 Å². The van der Waals surface area contributed by atoms with Gasteiger partial charge in [-0.15, -0.1) is 0 Å². The second kappa shape index (κ2) is 9.73. The predicted octanol–water partition coefficient (Wildman–Crippen LogP) is 3.82. The van der Waals surface area contributed by atoms with Gasteiger partial charge in [0.15, 0.2) is 5.69 Å². The number of carbonyl (C=O) groups is 2. The van der Waals surface area contributed by atoms with Crippen molar-refractivity contribution < 1.29 is 19.4 Å². The molecule has 0 spiro atoms. The van der Waals surface area contributed by atoms with Crippen molar-refractivity contribution in [3.8, 4) is 0 Å². The number of aliphatic hydroxyl groups is 1. The minimum absolute atomic E-state index is 0.0213. The summed E-state index contributed by atoms with van der Waals surface area (Å²) in [5, 5.41) is 22.1. The SMILES string of the molecule is CCOC(=O)c1cc(N[C@@H](C(=O)N2CC[C@](O)(c3ccc(Cl)cc3)C(C)(C)C2)C(C)C)[nH]n1. The maximum Gasteiger partial charge on any atom is 0.358 e. The number of aromatic nitrogens is 2. The molecule has 1 saturated heterocycles. The first-order valence-electron chi connectivity index (χ1n) is 11.2. The van der Waals surface area contributed by atoms with Crippen LogP contribution in [0.5, 0.6) is 0 Å². The third-order valence-electron chi connectivity index (χ3n) is 6.39. The van der Waals surface area contributed by atoms with Crippen LogP contribution in [0.2, 0.25) is 5.02 Å². The van der Waals surface area contributed by atoms with E-state index in [-0.39, 0.29) is 24.1 Å². The van der Waals surface area contributed by atoms with Gasteiger partial charge in [-0.25, -0.2) is 4.79 Å². The maximum absolute atomic E-state index is 13.5. The number of hydrogen-bond acceptors (Lipinski definition) is 6. The molecule has 0 unspecified atom stereocenters. The fraction of sp³-hybridized carbons (Fsp3) is 0.542. The van der Waals surface area contributed by atoms with Gasteiger partial charge in [-0.05, 0) is 37.0 Å². The number of hydrogen-bond donors (Lipinski definition) is 3. The summed E-state index contributed by atoms with van der Waals surface area (Å²) in [5.74, 6) is -0.136. The molecule has 1 aliphatic rings. The molecule has 2 aromatic rings. The average molecular weight is 477 g/mol. The Morgan fingerprint density at radius 2 is 1.97 bits per heavy atom. The first-order valence-corrected chi connectivity index (χ1v) is 11.6. The predicted molar refractivity (Wildman–Crippen MR) is 127 cm³/mol. The summed E-state index contributed by atoms with van der Waals surface area (Å²) >= 11 is 6.02. The van der Waals surface area contributed by atoms with Crippen molar-refractivity contribution in [2.45, 2.75) is 52.7 Å². The minimum atomic E-state index is -1.08. The Morgan fingerprint density at radius 3 is 2.55 bits per heavy atom. The second-order valence-electron chi connectivity index (χ2n) is 9.51. The van der Waals surface area contributed by atoms with Crippen molar-refractivity contribution in [1.29, 1.82) is 0 Å². The number of ether oxygens (including phenoxy) is 1. The highest BCUT2D eigenvalue weighted by Gasteiger charge is 2.50. The summed E-state index contributed by atoms with van der Waals surface area (Å²) in [7, 11) is 0. The smallest absolute Gasteiger partial charge is 0.358 e. The Kier molecular flexibility index (Phi) is 7.39. The number of carbonyl (C=O) groups excluding carboxylic acids is 2. The van der Waals surface area contributed by atoms with Gasteiger partial charge in [-0.2, -0.15) is 5.10 Å². The van der Waals surface area contributed by atoms with Gasteiger partial charge in [0.2, 0.25) is 5.91 Å². The van der Waals surface area contributed by atoms with Crippen LogP contribution < -0.4 is 5.32 Å². The minimum Gasteiger partial charge on any atom is -0.461 e. The van der Waals surface area contributed by atoms with Crippen LogP contribution in [-0.4, -0.2) is 57.8 Å². The van der Waals surface area contributed by atoms with E-state index in [1.165, 1.54) is 0 Å². The van der Waals surface area contributed by atoms with Crippen molar-refractivity contribution in [3.63, 3.8) is 0 Å². The Bertz CT molecular complexity index is 989. The van der Waals surface area contributed by atoms with Gasteiger partial charge in [-0.1, -0.05) is 51.4 Å². The molecule has 2 heterocycles. The highest BCUT2D eigenvalue weighted by atomic mass is 35.5. The van der Waals surface area contributed by atoms with Crippen LogP contribution in [0.25, 0.3) is 0 Å². The van der Waals surface area contributed by atoms with Crippen LogP contribution in [0.4, 0.5) is 5.82 Å². The number of nitrogens with zero attached hydrogens (tertiary/aromatic N) is 2. The number of rotatable bonds is 7. The standard InChI is InChI=1S/C24H33ClN4O4/c1-6-33-22(31)18-13-19(28-27-18)26-20(15(2)3)21(30)29-12-11-24(32,23(4,5)14-29)16-7-9-17(25)10-8-16/h7-10,13,15,20,32H,6,11-12,14H2,1-5H3,(H2,26,27,28)/t20-,24+/m1/s1. The summed E-state index contributed by atoms with van der Waals surface area (Å²) in [6, 6.07) is 8.25. The van der Waals surface area contributed by atoms with Gasteiger partial charge >= 0.3 is 5.97 Å². The van der Waals surface area contributed by atoms with Crippen molar-refractivity contribution in [2.24, 2.45) is 11.3 Å². The van der Waals surface area contributed by atoms with Gasteiger partial charge in [-0.3, -0.25) is 9.89 Å². The summed E-state index contributed by atoms with van der Waals surface area (Å²) in [6.45, 7) is 10.7. The molecule has 8 nitrogen and oxygen atoms in total. The van der Waals surface area contributed by atoms with E-state index in [4.69, 9.17) is 16.3 Å². The molecule has 3 N–H and O–H groups in total. The van der Waals surface area contributed by atoms with E-state index in [0.29, 0.717) is 30.4 Å². The lowest BCUT2D eigenvalue weighted by atomic mass is 9.66. The lowest BCUT2D eigenvalue weighted by Crippen LogP contribution is -2.59. The van der Waals surface area contributed by atoms with Gasteiger partial charge in [0.25, 0.3) is 0 Å². The Labute approximate surface area is 199 Å². The summed E-state index contributed by atoms with van der Waals surface area (Å²) in [4.78, 5) is 27.2. The summed E-state index contributed by atoms with van der Waals surface area (Å²) in [6.07, 6.45) is 0.412. The Hall–Kier alpha value is -2.58. The third kappa shape index (κ3) is 5.17. The van der Waals surface area contributed by atoms with Crippen LogP contribution >= 0.6 is 11.6 Å². The van der Waals surface area contributed by atoms with Crippen LogP contribution in [0.1, 0.15) is 57.1 Å². The lowest BCUT2D eigenvalue weighted by Gasteiger charge is -2.51. The molecule has 9 heteroatoms. The Morgan fingerprint density at radius 1 is 1.30 bits per heavy atom. The van der Waals surface area contributed by atoms with Gasteiger partial charge in [0, 0.05) is 29.6 Å². The number of piperidine rings is 1. The first kappa shape index (κ1) is 25.1. The van der Waals surface area contributed by atoms with E-state index < -0.39 is 23.0 Å². The number of aromatic amines is 1. The molecular formula is C24H33ClN4O4. The van der Waals surface area contributed by atoms with E-state index in [0.717, 1.165) is 5.56 Å². The van der Waals surface area contributed by atoms with Gasteiger partial charge in [0.1, 0.15) is 11.9 Å². The molecule has 0 bridgehead atoms. The molecular weight excluding hydrogens is 444 g/mol. The largest absolute Gasteiger partial charge is 0.461 e. The second-order valence-corrected chi connectivity index (χ2v) is 9.95. The quantitative estimate of drug-likeness (QED) is 0.524. The monoisotopic (exact) mass is 476 g/mol. The topological polar surface area (TPSA) is 108 Å². The summed E-state index contributed by atoms with van der Waals surface area (Å²) < 4.78 is 4.97. The normalized spacial score (nSPS) is 21.0. The van der Waals surface area contributed by atoms with Crippen LogP contribution in [-0.2, 0) is 15.1 Å². The number of esters is 1. The van der Waals surface area contributed by atoms with Gasteiger partial charge < -0.3 is 20.1 Å². The van der Waals surface area contributed by atoms with Crippen molar-refractivity contribution >= 4 is 29.3 Å². The molecule has 3 rings (SSSR count). The highest BCUT2D eigenvalue weighted by Crippen LogP contribution is 2.46. The molecule has 0 radical (unpaired) electrons. The number of nitrogens with one attached hydrogen (secondary N) is 2. The number of anilines is 1. The van der Waals surface area contributed by atoms with E-state index in [2.05, 4.69) is 15.5 Å². The zero-order valence-corrected chi connectivity index (χ0v) is 20.6. The van der Waals surface area contributed by atoms with E-state index in [9.17, 15) is 14.7 Å². The fourth-order valence-corrected chi connectivity index (χ4v) is 4.48. The number of amides is 1. The molecule has 33 heavy (non-hydrogen) atoms. The van der Waals surface area contributed by atoms with Crippen molar-refractivity contribution in [1.82, 2.24) is 15.1 Å². The van der Waals surface area contributed by atoms with Crippen LogP contribution in [0.15, 0.2) is 30.3 Å². The molecule has 1 amide bonds. The molecule has 1 aromatic carbocycles. The highest BCUT2D eigenvalue weighted by molar-refractivity contribution is 6.30. The number of benzene rings is 1. The lowest BCUT2D eigenvalue weighted by molar-refractivity contribution is -0.154. The number of H-pyrrole nitrogens is 1. The zero-order chi connectivity index (χ0) is 24.4. The molecule has 2 atom stereocenters. The fourth-order valence-electron chi connectivity index (χ4n) is 4.35. The van der Waals surface area contributed by atoms with Crippen LogP contribution in [0, 0.1) is 11.3 Å². The zero-order valence-electron chi connectivity index (χ0n) is 19.8. The third-order valence-corrected chi connectivity index (χ3v) is 6.64. The van der Waals surface area contributed by atoms with Crippen molar-refractivity contribution in [3.05, 3.63) is 46.6 Å². The summed E-state index contributed by atoms with van der Waals surface area (Å²) in [5.41, 5.74) is -0.707. The van der Waals surface area contributed by atoms with Crippen molar-refractivity contribution in [2.75, 3.05) is 25.0 Å². The number of likely N-dealkylation sites (tertiary alicyclic amines) is 1. The molecule has 1 fully saturated rings. The van der Waals surface area contributed by atoms with E-state index in [1.807, 2.05) is 39.8 Å². The first-order chi connectivity index (χ1) is 15.5. The molecule has 1 aliphatic heterocycles. The molecule has 0 saturated carbocycles. The van der Waals surface area contributed by atoms with E-state index in [1.54, 1.807) is 30.0 Å². The molecule has 1 aromatic heterocycles.